The van der Waals surface area contributed by atoms with Crippen molar-refractivity contribution in [3.05, 3.63) is 35.9 Å². The molecule has 0 fully saturated rings. The summed E-state index contributed by atoms with van der Waals surface area (Å²) in [4.78, 5) is 5.15. The third kappa shape index (κ3) is 2.32. The summed E-state index contributed by atoms with van der Waals surface area (Å²) in [7, 11) is 0. The molecule has 0 aliphatic carbocycles. The molecule has 2 heterocycles. The number of rotatable bonds is 3. The Morgan fingerprint density at radius 1 is 1.30 bits per heavy atom. The van der Waals surface area contributed by atoms with Crippen molar-refractivity contribution in [1.29, 1.82) is 0 Å². The maximum atomic E-state index is 13.2. The summed E-state index contributed by atoms with van der Waals surface area (Å²) in [6.45, 7) is 4.01. The highest BCUT2D eigenvalue weighted by Crippen LogP contribution is 2.33. The summed E-state index contributed by atoms with van der Waals surface area (Å²) in [5.74, 6) is 0.909. The first-order valence-corrected chi connectivity index (χ1v) is 7.15. The predicted molar refractivity (Wildman–Crippen MR) is 76.8 cm³/mol. The van der Waals surface area contributed by atoms with E-state index >= 15 is 0 Å². The van der Waals surface area contributed by atoms with Crippen LogP contribution < -0.4 is 5.73 Å². The maximum absolute atomic E-state index is 13.2. The lowest BCUT2D eigenvalue weighted by Crippen LogP contribution is -2.18. The molecule has 0 aliphatic heterocycles. The standard InChI is InChI=1S/C14H14FN3OS/c1-7(2)12(16)13-17-14(19-18-13)11-5-8-3-4-9(15)6-10(8)20-11/h3-7,12H,16H2,1-2H3. The number of thiophene rings is 1. The van der Waals surface area contributed by atoms with Crippen LogP contribution in [0.25, 0.3) is 20.9 Å². The second kappa shape index (κ2) is 4.96. The minimum Gasteiger partial charge on any atom is -0.333 e. The van der Waals surface area contributed by atoms with Crippen molar-refractivity contribution in [3.63, 3.8) is 0 Å². The van der Waals surface area contributed by atoms with Crippen LogP contribution in [-0.2, 0) is 0 Å². The van der Waals surface area contributed by atoms with Gasteiger partial charge in [0.15, 0.2) is 5.82 Å². The Morgan fingerprint density at radius 3 is 2.85 bits per heavy atom. The summed E-state index contributed by atoms with van der Waals surface area (Å²) in [6, 6.07) is 6.34. The highest BCUT2D eigenvalue weighted by Gasteiger charge is 2.19. The van der Waals surface area contributed by atoms with Gasteiger partial charge in [0.2, 0.25) is 0 Å². The van der Waals surface area contributed by atoms with Gasteiger partial charge in [-0.15, -0.1) is 11.3 Å². The van der Waals surface area contributed by atoms with Crippen molar-refractivity contribution in [2.45, 2.75) is 19.9 Å². The Balaban J connectivity index is 1.99. The second-order valence-corrected chi connectivity index (χ2v) is 6.10. The van der Waals surface area contributed by atoms with E-state index in [0.29, 0.717) is 11.7 Å². The van der Waals surface area contributed by atoms with Crippen molar-refractivity contribution in [2.24, 2.45) is 11.7 Å². The Bertz CT molecular complexity index is 750. The zero-order valence-electron chi connectivity index (χ0n) is 11.1. The van der Waals surface area contributed by atoms with Crippen molar-refractivity contribution < 1.29 is 8.91 Å². The molecule has 1 atom stereocenters. The third-order valence-electron chi connectivity index (χ3n) is 3.15. The molecule has 4 nitrogen and oxygen atoms in total. The van der Waals surface area contributed by atoms with Gasteiger partial charge in [-0.25, -0.2) is 4.39 Å². The fraction of sp³-hybridized carbons (Fsp3) is 0.286. The summed E-state index contributed by atoms with van der Waals surface area (Å²) >= 11 is 1.42. The van der Waals surface area contributed by atoms with Crippen LogP contribution in [-0.4, -0.2) is 10.1 Å². The van der Waals surface area contributed by atoms with Gasteiger partial charge in [0.05, 0.1) is 10.9 Å². The van der Waals surface area contributed by atoms with Crippen LogP contribution in [0.3, 0.4) is 0 Å². The monoisotopic (exact) mass is 291 g/mol. The van der Waals surface area contributed by atoms with Crippen LogP contribution in [0.2, 0.25) is 0 Å². The van der Waals surface area contributed by atoms with E-state index < -0.39 is 0 Å². The van der Waals surface area contributed by atoms with E-state index in [-0.39, 0.29) is 17.8 Å². The van der Waals surface area contributed by atoms with Crippen molar-refractivity contribution in [2.75, 3.05) is 0 Å². The van der Waals surface area contributed by atoms with Gasteiger partial charge in [-0.3, -0.25) is 0 Å². The molecule has 104 valence electrons. The normalized spacial score (nSPS) is 13.2. The lowest BCUT2D eigenvalue weighted by Gasteiger charge is -2.09. The first-order chi connectivity index (χ1) is 9.54. The minimum absolute atomic E-state index is 0.233. The van der Waals surface area contributed by atoms with Crippen LogP contribution in [0.4, 0.5) is 4.39 Å². The molecule has 0 saturated carbocycles. The Kier molecular flexibility index (Phi) is 3.27. The molecular weight excluding hydrogens is 277 g/mol. The van der Waals surface area contributed by atoms with Crippen LogP contribution in [0.5, 0.6) is 0 Å². The van der Waals surface area contributed by atoms with Crippen LogP contribution in [0.15, 0.2) is 28.8 Å². The molecule has 3 aromatic rings. The Labute approximate surface area is 119 Å². The van der Waals surface area contributed by atoms with Gasteiger partial charge >= 0.3 is 0 Å². The van der Waals surface area contributed by atoms with E-state index in [1.165, 1.54) is 23.5 Å². The van der Waals surface area contributed by atoms with Crippen LogP contribution in [0, 0.1) is 11.7 Å². The fourth-order valence-electron chi connectivity index (χ4n) is 1.88. The van der Waals surface area contributed by atoms with Gasteiger partial charge in [0.1, 0.15) is 5.82 Å². The smallest absolute Gasteiger partial charge is 0.268 e. The molecule has 6 heteroatoms. The highest BCUT2D eigenvalue weighted by molar-refractivity contribution is 7.22. The molecule has 1 unspecified atom stereocenters. The summed E-state index contributed by atoms with van der Waals surface area (Å²) in [5.41, 5.74) is 5.99. The van der Waals surface area contributed by atoms with Gasteiger partial charge < -0.3 is 10.3 Å². The lowest BCUT2D eigenvalue weighted by atomic mass is 10.1. The molecule has 0 saturated heterocycles. The number of hydrogen-bond donors (Lipinski definition) is 1. The SMILES string of the molecule is CC(C)C(N)c1noc(-c2cc3ccc(F)cc3s2)n1. The first kappa shape index (κ1) is 13.2. The molecule has 0 spiro atoms. The van der Waals surface area contributed by atoms with E-state index in [1.54, 1.807) is 6.07 Å². The third-order valence-corrected chi connectivity index (χ3v) is 4.24. The molecule has 0 amide bonds. The van der Waals surface area contributed by atoms with E-state index in [0.717, 1.165) is 15.0 Å². The van der Waals surface area contributed by atoms with E-state index in [4.69, 9.17) is 10.3 Å². The lowest BCUT2D eigenvalue weighted by molar-refractivity contribution is 0.400. The van der Waals surface area contributed by atoms with Gasteiger partial charge in [-0.2, -0.15) is 4.98 Å². The topological polar surface area (TPSA) is 64.9 Å². The number of nitrogens with two attached hydrogens (primary N) is 1. The zero-order chi connectivity index (χ0) is 14.3. The van der Waals surface area contributed by atoms with Gasteiger partial charge in [0, 0.05) is 4.70 Å². The van der Waals surface area contributed by atoms with Gasteiger partial charge in [-0.1, -0.05) is 25.1 Å². The fourth-order valence-corrected chi connectivity index (χ4v) is 2.89. The molecule has 0 radical (unpaired) electrons. The summed E-state index contributed by atoms with van der Waals surface area (Å²) < 4.78 is 19.3. The number of aromatic nitrogens is 2. The molecule has 0 bridgehead atoms. The Morgan fingerprint density at radius 2 is 2.10 bits per heavy atom. The quantitative estimate of drug-likeness (QED) is 0.798. The zero-order valence-corrected chi connectivity index (χ0v) is 11.9. The average molecular weight is 291 g/mol. The van der Waals surface area contributed by atoms with Crippen LogP contribution in [0.1, 0.15) is 25.7 Å². The number of benzene rings is 1. The van der Waals surface area contributed by atoms with Crippen molar-refractivity contribution in [3.8, 4) is 10.8 Å². The predicted octanol–water partition coefficient (Wildman–Crippen LogP) is 3.75. The van der Waals surface area contributed by atoms with Crippen molar-refractivity contribution >= 4 is 21.4 Å². The largest absolute Gasteiger partial charge is 0.333 e. The number of fused-ring (bicyclic) bond motifs is 1. The number of hydrogen-bond acceptors (Lipinski definition) is 5. The summed E-state index contributed by atoms with van der Waals surface area (Å²) in [5, 5.41) is 4.88. The highest BCUT2D eigenvalue weighted by atomic mass is 32.1. The average Bonchev–Trinajstić information content (AvgIpc) is 3.02. The first-order valence-electron chi connectivity index (χ1n) is 6.33. The molecule has 2 aromatic heterocycles. The number of halogens is 1. The van der Waals surface area contributed by atoms with Crippen molar-refractivity contribution in [1.82, 2.24) is 10.1 Å². The van der Waals surface area contributed by atoms with Gasteiger partial charge in [0.25, 0.3) is 5.89 Å². The summed E-state index contributed by atoms with van der Waals surface area (Å²) in [6.07, 6.45) is 0. The van der Waals surface area contributed by atoms with E-state index in [1.807, 2.05) is 19.9 Å². The molecule has 0 aliphatic rings. The molecular formula is C14H14FN3OS. The van der Waals surface area contributed by atoms with E-state index in [2.05, 4.69) is 10.1 Å². The second-order valence-electron chi connectivity index (χ2n) is 5.02. The minimum atomic E-state index is -0.251. The molecule has 2 N–H and O–H groups in total. The number of nitrogens with zero attached hydrogens (tertiary/aromatic N) is 2. The van der Waals surface area contributed by atoms with Gasteiger partial charge in [-0.05, 0) is 29.5 Å². The molecule has 1 aromatic carbocycles. The van der Waals surface area contributed by atoms with Crippen LogP contribution >= 0.6 is 11.3 Å². The van der Waals surface area contributed by atoms with E-state index in [9.17, 15) is 4.39 Å². The molecule has 20 heavy (non-hydrogen) atoms. The Hall–Kier alpha value is -1.79. The molecule has 3 rings (SSSR count). The maximum Gasteiger partial charge on any atom is 0.268 e.